The summed E-state index contributed by atoms with van der Waals surface area (Å²) in [5, 5.41) is 0. The topological polar surface area (TPSA) is 24.3 Å². The minimum Gasteiger partial charge on any atom is -0.327 e. The largest absolute Gasteiger partial charge is 0.327 e. The molecule has 5 heteroatoms. The SMILES string of the molecule is FC1CCN(Cc2ccc3c(c2)nc2n3CCN(C3CCC3)CC2)C1. The van der Waals surface area contributed by atoms with Crippen LogP contribution in [-0.2, 0) is 19.5 Å². The normalized spacial score (nSPS) is 25.9. The fourth-order valence-corrected chi connectivity index (χ4v) is 4.65. The van der Waals surface area contributed by atoms with Gasteiger partial charge in [0.25, 0.3) is 0 Å². The molecule has 1 unspecified atom stereocenters. The van der Waals surface area contributed by atoms with E-state index in [0.717, 1.165) is 50.7 Å². The average Bonchev–Trinajstić information content (AvgIpc) is 3.05. The molecule has 1 aromatic carbocycles. The van der Waals surface area contributed by atoms with Crippen LogP contribution in [0, 0.1) is 0 Å². The zero-order valence-electron chi connectivity index (χ0n) is 14.8. The van der Waals surface area contributed by atoms with Gasteiger partial charge in [0.05, 0.1) is 11.0 Å². The first-order valence-corrected chi connectivity index (χ1v) is 9.85. The molecule has 1 aromatic heterocycles. The number of aromatic nitrogens is 2. The Balaban J connectivity index is 1.35. The molecule has 0 amide bonds. The van der Waals surface area contributed by atoms with E-state index in [1.165, 1.54) is 36.2 Å². The van der Waals surface area contributed by atoms with Gasteiger partial charge in [-0.25, -0.2) is 9.37 Å². The Labute approximate surface area is 148 Å². The molecule has 1 saturated heterocycles. The second-order valence-corrected chi connectivity index (χ2v) is 7.99. The molecule has 4 nitrogen and oxygen atoms in total. The Hall–Kier alpha value is -1.46. The summed E-state index contributed by atoms with van der Waals surface area (Å²) in [6.07, 6.45) is 5.24. The molecule has 3 aliphatic rings. The number of alkyl halides is 1. The van der Waals surface area contributed by atoms with Gasteiger partial charge in [-0.05, 0) is 37.0 Å². The molecule has 0 radical (unpaired) electrons. The van der Waals surface area contributed by atoms with Crippen LogP contribution in [0.3, 0.4) is 0 Å². The van der Waals surface area contributed by atoms with E-state index < -0.39 is 6.17 Å². The molecule has 1 saturated carbocycles. The Bertz CT molecular complexity index is 766. The van der Waals surface area contributed by atoms with Crippen molar-refractivity contribution in [3.05, 3.63) is 29.6 Å². The number of benzene rings is 1. The van der Waals surface area contributed by atoms with Crippen molar-refractivity contribution >= 4 is 11.0 Å². The van der Waals surface area contributed by atoms with E-state index in [4.69, 9.17) is 4.98 Å². The van der Waals surface area contributed by atoms with E-state index >= 15 is 0 Å². The maximum absolute atomic E-state index is 13.4. The third-order valence-corrected chi connectivity index (χ3v) is 6.34. The zero-order valence-corrected chi connectivity index (χ0v) is 14.8. The highest BCUT2D eigenvalue weighted by Gasteiger charge is 2.27. The monoisotopic (exact) mass is 342 g/mol. The third kappa shape index (κ3) is 2.97. The van der Waals surface area contributed by atoms with E-state index in [-0.39, 0.29) is 0 Å². The number of halogens is 1. The smallest absolute Gasteiger partial charge is 0.114 e. The Morgan fingerprint density at radius 2 is 2.00 bits per heavy atom. The van der Waals surface area contributed by atoms with Gasteiger partial charge in [-0.1, -0.05) is 12.5 Å². The van der Waals surface area contributed by atoms with Crippen molar-refractivity contribution in [1.29, 1.82) is 0 Å². The fourth-order valence-electron chi connectivity index (χ4n) is 4.65. The molecule has 2 aliphatic heterocycles. The lowest BCUT2D eigenvalue weighted by atomic mass is 9.91. The highest BCUT2D eigenvalue weighted by Crippen LogP contribution is 2.28. The van der Waals surface area contributed by atoms with Crippen LogP contribution in [0.2, 0.25) is 0 Å². The van der Waals surface area contributed by atoms with Crippen molar-refractivity contribution in [2.24, 2.45) is 0 Å². The molecule has 0 bridgehead atoms. The molecule has 134 valence electrons. The van der Waals surface area contributed by atoms with Gasteiger partial charge in [0.2, 0.25) is 0 Å². The number of fused-ring (bicyclic) bond motifs is 3. The van der Waals surface area contributed by atoms with Gasteiger partial charge < -0.3 is 4.57 Å². The summed E-state index contributed by atoms with van der Waals surface area (Å²) >= 11 is 0. The summed E-state index contributed by atoms with van der Waals surface area (Å²) in [4.78, 5) is 9.82. The van der Waals surface area contributed by atoms with Gasteiger partial charge in [-0.2, -0.15) is 0 Å². The number of hydrogen-bond acceptors (Lipinski definition) is 3. The van der Waals surface area contributed by atoms with Crippen LogP contribution in [-0.4, -0.2) is 57.7 Å². The highest BCUT2D eigenvalue weighted by molar-refractivity contribution is 5.77. The van der Waals surface area contributed by atoms with Crippen LogP contribution in [0.25, 0.3) is 11.0 Å². The van der Waals surface area contributed by atoms with Crippen LogP contribution in [0.1, 0.15) is 37.1 Å². The number of rotatable bonds is 3. The van der Waals surface area contributed by atoms with Crippen LogP contribution in [0.4, 0.5) is 4.39 Å². The molecule has 25 heavy (non-hydrogen) atoms. The predicted molar refractivity (Wildman–Crippen MR) is 97.4 cm³/mol. The van der Waals surface area contributed by atoms with Crippen molar-refractivity contribution in [1.82, 2.24) is 19.4 Å². The number of nitrogens with zero attached hydrogens (tertiary/aromatic N) is 4. The summed E-state index contributed by atoms with van der Waals surface area (Å²) in [5.74, 6) is 1.24. The summed E-state index contributed by atoms with van der Waals surface area (Å²) < 4.78 is 15.8. The van der Waals surface area contributed by atoms with E-state index in [1.54, 1.807) is 0 Å². The first-order valence-electron chi connectivity index (χ1n) is 9.85. The standard InChI is InChI=1S/C20H27FN4/c21-16-6-8-23(14-16)13-15-4-5-19-18(12-15)22-20-7-9-24(10-11-25(19)20)17-2-1-3-17/h4-5,12,16-17H,1-3,6-11,13-14H2. The lowest BCUT2D eigenvalue weighted by Gasteiger charge is -2.36. The molecule has 3 heterocycles. The highest BCUT2D eigenvalue weighted by atomic mass is 19.1. The molecule has 1 aliphatic carbocycles. The maximum Gasteiger partial charge on any atom is 0.114 e. The van der Waals surface area contributed by atoms with Crippen LogP contribution in [0.5, 0.6) is 0 Å². The average molecular weight is 342 g/mol. The van der Waals surface area contributed by atoms with Crippen LogP contribution in [0.15, 0.2) is 18.2 Å². The predicted octanol–water partition coefficient (Wildman–Crippen LogP) is 2.99. The van der Waals surface area contributed by atoms with Gasteiger partial charge in [0, 0.05) is 51.7 Å². The van der Waals surface area contributed by atoms with Crippen LogP contribution >= 0.6 is 0 Å². The van der Waals surface area contributed by atoms with Gasteiger partial charge in [0.1, 0.15) is 12.0 Å². The summed E-state index contributed by atoms with van der Waals surface area (Å²) in [7, 11) is 0. The van der Waals surface area contributed by atoms with Gasteiger partial charge >= 0.3 is 0 Å². The van der Waals surface area contributed by atoms with Crippen molar-refractivity contribution in [3.8, 4) is 0 Å². The Morgan fingerprint density at radius 3 is 2.76 bits per heavy atom. The van der Waals surface area contributed by atoms with Crippen molar-refractivity contribution in [2.75, 3.05) is 26.2 Å². The van der Waals surface area contributed by atoms with Crippen LogP contribution < -0.4 is 0 Å². The van der Waals surface area contributed by atoms with Gasteiger partial charge in [-0.3, -0.25) is 9.80 Å². The summed E-state index contributed by atoms with van der Waals surface area (Å²) in [5.41, 5.74) is 3.63. The molecule has 1 atom stereocenters. The molecule has 2 aromatic rings. The lowest BCUT2D eigenvalue weighted by Crippen LogP contribution is -2.41. The Kier molecular flexibility index (Phi) is 4.01. The molecule has 0 spiro atoms. The summed E-state index contributed by atoms with van der Waals surface area (Å²) in [6, 6.07) is 7.47. The first-order chi connectivity index (χ1) is 12.3. The van der Waals surface area contributed by atoms with E-state index in [2.05, 4.69) is 32.6 Å². The number of imidazole rings is 1. The Morgan fingerprint density at radius 1 is 1.08 bits per heavy atom. The molecule has 2 fully saturated rings. The fraction of sp³-hybridized carbons (Fsp3) is 0.650. The lowest BCUT2D eigenvalue weighted by molar-refractivity contribution is 0.130. The molecule has 0 N–H and O–H groups in total. The molecular weight excluding hydrogens is 315 g/mol. The van der Waals surface area contributed by atoms with Crippen molar-refractivity contribution in [3.63, 3.8) is 0 Å². The number of likely N-dealkylation sites (tertiary alicyclic amines) is 1. The minimum absolute atomic E-state index is 0.578. The second kappa shape index (κ2) is 6.36. The quantitative estimate of drug-likeness (QED) is 0.857. The van der Waals surface area contributed by atoms with E-state index in [9.17, 15) is 4.39 Å². The number of hydrogen-bond donors (Lipinski definition) is 0. The van der Waals surface area contributed by atoms with Crippen molar-refractivity contribution in [2.45, 2.75) is 57.4 Å². The minimum atomic E-state index is -0.647. The maximum atomic E-state index is 13.4. The zero-order chi connectivity index (χ0) is 16.8. The first kappa shape index (κ1) is 15.8. The third-order valence-electron chi connectivity index (χ3n) is 6.34. The van der Waals surface area contributed by atoms with E-state index in [1.807, 2.05) is 0 Å². The molecular formula is C20H27FN4. The molecule has 5 rings (SSSR count). The second-order valence-electron chi connectivity index (χ2n) is 7.99. The summed E-state index contributed by atoms with van der Waals surface area (Å²) in [6.45, 7) is 5.64. The van der Waals surface area contributed by atoms with Gasteiger partial charge in [-0.15, -0.1) is 0 Å². The van der Waals surface area contributed by atoms with E-state index in [0.29, 0.717) is 13.0 Å². The van der Waals surface area contributed by atoms with Gasteiger partial charge in [0.15, 0.2) is 0 Å². The van der Waals surface area contributed by atoms with Crippen molar-refractivity contribution < 1.29 is 4.39 Å².